The highest BCUT2D eigenvalue weighted by molar-refractivity contribution is 9.12. The molecule has 0 N–H and O–H groups in total. The van der Waals surface area contributed by atoms with E-state index in [0.29, 0.717) is 6.73 Å². The van der Waals surface area contributed by atoms with Crippen molar-refractivity contribution in [3.05, 3.63) is 22.3 Å². The second kappa shape index (κ2) is 6.89. The predicted octanol–water partition coefficient (Wildman–Crippen LogP) is 3.77. The first kappa shape index (κ1) is 16.0. The highest BCUT2D eigenvalue weighted by atomic mass is 79.9. The highest BCUT2D eigenvalue weighted by Crippen LogP contribution is 2.25. The first-order valence-electron chi connectivity index (χ1n) is 6.26. The van der Waals surface area contributed by atoms with Crippen LogP contribution in [0.25, 0.3) is 0 Å². The summed E-state index contributed by atoms with van der Waals surface area (Å²) in [5.74, 6) is 0. The van der Waals surface area contributed by atoms with Gasteiger partial charge in [0.25, 0.3) is 0 Å². The van der Waals surface area contributed by atoms with Crippen molar-refractivity contribution in [1.82, 2.24) is 4.90 Å². The number of nitrogens with zero attached hydrogens (tertiary/aromatic N) is 1. The Balaban J connectivity index is 2.42. The topological polar surface area (TPSA) is 21.7 Å². The lowest BCUT2D eigenvalue weighted by molar-refractivity contribution is -0.0393. The maximum Gasteiger partial charge on any atom is 0.151 e. The minimum Gasteiger partial charge on any atom is -0.361 e. The molecule has 0 aromatic carbocycles. The largest absolute Gasteiger partial charge is 0.361 e. The van der Waals surface area contributed by atoms with Gasteiger partial charge in [0.05, 0.1) is 0 Å². The first-order valence-corrected chi connectivity index (χ1v) is 10.8. The Bertz CT molecular complexity index is 336. The van der Waals surface area contributed by atoms with Crippen molar-refractivity contribution in [2.45, 2.75) is 38.8 Å². The van der Waals surface area contributed by atoms with Gasteiger partial charge < -0.3 is 14.4 Å². The van der Waals surface area contributed by atoms with Gasteiger partial charge in [0.1, 0.15) is 6.73 Å². The van der Waals surface area contributed by atoms with Crippen LogP contribution in [-0.2, 0) is 9.47 Å². The van der Waals surface area contributed by atoms with Gasteiger partial charge in [-0.2, -0.15) is 0 Å². The van der Waals surface area contributed by atoms with Gasteiger partial charge in [-0.3, -0.25) is 0 Å². The zero-order chi connectivity index (χ0) is 13.8. The average Bonchev–Trinajstić information content (AvgIpc) is 2.27. The fourth-order valence-electron chi connectivity index (χ4n) is 1.57. The maximum absolute atomic E-state index is 5.75. The summed E-state index contributed by atoms with van der Waals surface area (Å²) in [4.78, 5) is 2.06. The number of allylic oxidation sites excluding steroid dienone is 2. The number of rotatable bonds is 6. The molecule has 1 atom stereocenters. The van der Waals surface area contributed by atoms with Crippen molar-refractivity contribution in [3.63, 3.8) is 0 Å². The summed E-state index contributed by atoms with van der Waals surface area (Å²) in [6.07, 6.45) is 4.10. The van der Waals surface area contributed by atoms with Gasteiger partial charge in [-0.05, 0) is 40.5 Å². The number of halogens is 1. The van der Waals surface area contributed by atoms with E-state index in [0.717, 1.165) is 11.1 Å². The number of ether oxygens (including phenoxy) is 2. The molecule has 1 aliphatic heterocycles. The van der Waals surface area contributed by atoms with Crippen LogP contribution in [0.4, 0.5) is 0 Å². The van der Waals surface area contributed by atoms with Crippen molar-refractivity contribution >= 4 is 24.0 Å². The van der Waals surface area contributed by atoms with E-state index in [1.807, 2.05) is 6.20 Å². The van der Waals surface area contributed by atoms with Crippen molar-refractivity contribution in [2.75, 3.05) is 20.4 Å². The Labute approximate surface area is 120 Å². The van der Waals surface area contributed by atoms with E-state index in [2.05, 4.69) is 53.5 Å². The summed E-state index contributed by atoms with van der Waals surface area (Å²) in [6, 6.07) is 1.19. The summed E-state index contributed by atoms with van der Waals surface area (Å²) in [5.41, 5.74) is 1.19. The minimum absolute atomic E-state index is 0.0295. The second-order valence-corrected chi connectivity index (χ2v) is 12.3. The van der Waals surface area contributed by atoms with Crippen LogP contribution in [0.5, 0.6) is 0 Å². The molecule has 18 heavy (non-hydrogen) atoms. The van der Waals surface area contributed by atoms with Crippen LogP contribution in [0, 0.1) is 0 Å². The van der Waals surface area contributed by atoms with Crippen LogP contribution in [0.1, 0.15) is 6.92 Å². The van der Waals surface area contributed by atoms with Gasteiger partial charge in [0.2, 0.25) is 0 Å². The smallest absolute Gasteiger partial charge is 0.151 e. The Morgan fingerprint density at radius 1 is 1.39 bits per heavy atom. The molecule has 0 aliphatic carbocycles. The molecule has 0 amide bonds. The van der Waals surface area contributed by atoms with Crippen molar-refractivity contribution < 1.29 is 9.47 Å². The molecule has 1 unspecified atom stereocenters. The third-order valence-electron chi connectivity index (χ3n) is 2.85. The molecular weight excluding hydrogens is 310 g/mol. The van der Waals surface area contributed by atoms with Gasteiger partial charge in [-0.25, -0.2) is 0 Å². The van der Waals surface area contributed by atoms with Crippen LogP contribution in [-0.4, -0.2) is 39.6 Å². The predicted molar refractivity (Wildman–Crippen MR) is 82.4 cm³/mol. The Hall–Kier alpha value is -0.103. The molecule has 0 radical (unpaired) electrons. The summed E-state index contributed by atoms with van der Waals surface area (Å²) in [5, 5.41) is 0. The molecule has 1 heterocycles. The van der Waals surface area contributed by atoms with Crippen molar-refractivity contribution in [1.29, 1.82) is 0 Å². The summed E-state index contributed by atoms with van der Waals surface area (Å²) < 4.78 is 12.3. The molecule has 0 saturated heterocycles. The maximum atomic E-state index is 5.75. The number of hydrogen-bond acceptors (Lipinski definition) is 3. The van der Waals surface area contributed by atoms with Crippen LogP contribution >= 0.6 is 15.9 Å². The molecule has 0 fully saturated rings. The third kappa shape index (κ3) is 5.26. The monoisotopic (exact) mass is 333 g/mol. The van der Waals surface area contributed by atoms with E-state index in [-0.39, 0.29) is 6.23 Å². The van der Waals surface area contributed by atoms with Crippen molar-refractivity contribution in [2.24, 2.45) is 0 Å². The van der Waals surface area contributed by atoms with Gasteiger partial charge in [-0.1, -0.05) is 19.6 Å². The first-order chi connectivity index (χ1) is 8.33. The summed E-state index contributed by atoms with van der Waals surface area (Å²) >= 11 is 3.54. The lowest BCUT2D eigenvalue weighted by Crippen LogP contribution is -2.35. The van der Waals surface area contributed by atoms with Crippen LogP contribution < -0.4 is 0 Å². The van der Waals surface area contributed by atoms with E-state index in [9.17, 15) is 0 Å². The normalized spacial score (nSPS) is 20.8. The van der Waals surface area contributed by atoms with Crippen LogP contribution in [0.3, 0.4) is 0 Å². The summed E-state index contributed by atoms with van der Waals surface area (Å²) in [7, 11) is 0.714. The van der Waals surface area contributed by atoms with Gasteiger partial charge >= 0.3 is 0 Å². The molecule has 1 rings (SSSR count). The van der Waals surface area contributed by atoms with E-state index in [1.165, 1.54) is 11.6 Å². The highest BCUT2D eigenvalue weighted by Gasteiger charge is 2.19. The molecule has 3 nitrogen and oxygen atoms in total. The lowest BCUT2D eigenvalue weighted by atomic mass is 10.2. The number of methoxy groups -OCH3 is 1. The minimum atomic E-state index is -1.01. The Kier molecular flexibility index (Phi) is 6.11. The zero-order valence-electron chi connectivity index (χ0n) is 12.0. The molecule has 1 aliphatic rings. The molecule has 0 saturated carbocycles. The molecule has 104 valence electrons. The quantitative estimate of drug-likeness (QED) is 0.545. The standard InChI is InChI=1S/C13H24BrNO2Si/c1-11-8-13(16-2)15(9-12(11)14)10-17-6-7-18(3,4)5/h8-9,13H,6-7,10H2,1-5H3. The van der Waals surface area contributed by atoms with Crippen molar-refractivity contribution in [3.8, 4) is 0 Å². The Morgan fingerprint density at radius 3 is 2.61 bits per heavy atom. The molecular formula is C13H24BrNO2Si. The van der Waals surface area contributed by atoms with Crippen LogP contribution in [0.2, 0.25) is 25.7 Å². The zero-order valence-corrected chi connectivity index (χ0v) is 14.6. The molecule has 0 spiro atoms. The summed E-state index contributed by atoms with van der Waals surface area (Å²) in [6.45, 7) is 10.5. The molecule has 0 bridgehead atoms. The van der Waals surface area contributed by atoms with E-state index < -0.39 is 8.07 Å². The van der Waals surface area contributed by atoms with E-state index in [4.69, 9.17) is 9.47 Å². The van der Waals surface area contributed by atoms with Gasteiger partial charge in [0, 0.05) is 32.5 Å². The molecule has 0 aromatic heterocycles. The fourth-order valence-corrected chi connectivity index (χ4v) is 2.72. The van der Waals surface area contributed by atoms with E-state index >= 15 is 0 Å². The second-order valence-electron chi connectivity index (χ2n) is 5.82. The van der Waals surface area contributed by atoms with Gasteiger partial charge in [-0.15, -0.1) is 0 Å². The lowest BCUT2D eigenvalue weighted by Gasteiger charge is -2.31. The van der Waals surface area contributed by atoms with E-state index in [1.54, 1.807) is 7.11 Å². The van der Waals surface area contributed by atoms with Gasteiger partial charge in [0.15, 0.2) is 6.23 Å². The van der Waals surface area contributed by atoms with Crippen LogP contribution in [0.15, 0.2) is 22.3 Å². The fraction of sp³-hybridized carbons (Fsp3) is 0.692. The molecule has 5 heteroatoms. The average molecular weight is 334 g/mol. The third-order valence-corrected chi connectivity index (χ3v) is 5.39. The molecule has 0 aromatic rings. The Morgan fingerprint density at radius 2 is 2.06 bits per heavy atom. The number of hydrogen-bond donors (Lipinski definition) is 0. The SMILES string of the molecule is COC1C=C(C)C(Br)=CN1COCC[Si](C)(C)C.